The van der Waals surface area contributed by atoms with E-state index in [2.05, 4.69) is 41.5 Å². The number of carbonyl (C=O) groups is 3. The van der Waals surface area contributed by atoms with Gasteiger partial charge in [0.05, 0.1) is 22.3 Å². The number of aliphatic hydroxyl groups is 1. The molecule has 5 saturated carbocycles. The molecule has 0 saturated heterocycles. The maximum atomic E-state index is 14.2. The number of hydrogen-bond donors (Lipinski definition) is 1. The van der Waals surface area contributed by atoms with E-state index in [1.165, 1.54) is 0 Å². The summed E-state index contributed by atoms with van der Waals surface area (Å²) in [5, 5.41) is 10.4. The lowest BCUT2D eigenvalue weighted by molar-refractivity contribution is -0.259. The summed E-state index contributed by atoms with van der Waals surface area (Å²) in [6.07, 6.45) is 10.0. The van der Waals surface area contributed by atoms with Gasteiger partial charge < -0.3 is 24.1 Å². The number of ether oxygens (including phenoxy) is 4. The Kier molecular flexibility index (Phi) is 10.5. The monoisotopic (exact) mass is 703 g/mol. The van der Waals surface area contributed by atoms with E-state index in [0.717, 1.165) is 64.2 Å². The van der Waals surface area contributed by atoms with Crippen LogP contribution in [0.1, 0.15) is 147 Å². The first-order valence-electron chi connectivity index (χ1n) is 19.7. The van der Waals surface area contributed by atoms with Crippen molar-refractivity contribution < 1.29 is 38.4 Å². The fourth-order valence-corrected chi connectivity index (χ4v) is 12.9. The molecule has 0 radical (unpaired) electrons. The minimum absolute atomic E-state index is 0.00650. The van der Waals surface area contributed by atoms with Gasteiger partial charge in [0, 0.05) is 6.61 Å². The molecule has 5 aliphatic carbocycles. The van der Waals surface area contributed by atoms with Crippen LogP contribution < -0.4 is 0 Å². The van der Waals surface area contributed by atoms with Crippen molar-refractivity contribution in [3.05, 3.63) is 0 Å². The summed E-state index contributed by atoms with van der Waals surface area (Å²) in [6.45, 7) is 25.4. The summed E-state index contributed by atoms with van der Waals surface area (Å²) in [4.78, 5) is 39.1. The van der Waals surface area contributed by atoms with Crippen LogP contribution in [-0.2, 0) is 33.3 Å². The number of aliphatic hydroxyl groups excluding tert-OH is 1. The zero-order valence-corrected chi connectivity index (χ0v) is 33.5. The molecule has 1 N–H and O–H groups in total. The highest BCUT2D eigenvalue weighted by molar-refractivity contribution is 5.79. The van der Waals surface area contributed by atoms with Gasteiger partial charge in [-0.25, -0.2) is 0 Å². The van der Waals surface area contributed by atoms with Gasteiger partial charge in [-0.3, -0.25) is 14.4 Å². The quantitative estimate of drug-likeness (QED) is 0.198. The lowest BCUT2D eigenvalue weighted by Crippen LogP contribution is -2.67. The molecule has 0 aromatic rings. The molecule has 50 heavy (non-hydrogen) atoms. The molecule has 8 heteroatoms. The second-order valence-electron chi connectivity index (χ2n) is 20.8. The Morgan fingerprint density at radius 2 is 1.32 bits per heavy atom. The van der Waals surface area contributed by atoms with E-state index in [1.54, 1.807) is 20.8 Å². The van der Waals surface area contributed by atoms with Crippen molar-refractivity contribution in [2.45, 2.75) is 153 Å². The summed E-state index contributed by atoms with van der Waals surface area (Å²) in [5.74, 6) is 1.07. The van der Waals surface area contributed by atoms with Gasteiger partial charge in [-0.2, -0.15) is 0 Å². The molecule has 5 fully saturated rings. The van der Waals surface area contributed by atoms with E-state index in [4.69, 9.17) is 18.9 Å². The Hall–Kier alpha value is -1.67. The van der Waals surface area contributed by atoms with Crippen LogP contribution in [0.25, 0.3) is 0 Å². The first-order valence-corrected chi connectivity index (χ1v) is 19.7. The third-order valence-electron chi connectivity index (χ3n) is 15.9. The van der Waals surface area contributed by atoms with Crippen molar-refractivity contribution in [2.24, 2.45) is 73.4 Å². The van der Waals surface area contributed by atoms with Gasteiger partial charge in [0.25, 0.3) is 0 Å². The molecule has 0 amide bonds. The van der Waals surface area contributed by atoms with Crippen LogP contribution in [0.5, 0.6) is 0 Å². The third-order valence-corrected chi connectivity index (χ3v) is 15.9. The summed E-state index contributed by atoms with van der Waals surface area (Å²) >= 11 is 0. The maximum Gasteiger partial charge on any atom is 0.315 e. The van der Waals surface area contributed by atoms with Crippen LogP contribution in [0.3, 0.4) is 0 Å². The van der Waals surface area contributed by atoms with Crippen molar-refractivity contribution in [2.75, 3.05) is 20.2 Å². The number of hydrogen-bond acceptors (Lipinski definition) is 8. The summed E-state index contributed by atoms with van der Waals surface area (Å²) in [5.41, 5.74) is -1.57. The highest BCUT2D eigenvalue weighted by Crippen LogP contribution is 2.77. The smallest absolute Gasteiger partial charge is 0.315 e. The summed E-state index contributed by atoms with van der Waals surface area (Å²) in [7, 11) is 0. The van der Waals surface area contributed by atoms with Gasteiger partial charge in [-0.1, -0.05) is 41.5 Å². The van der Waals surface area contributed by atoms with E-state index in [1.807, 2.05) is 20.8 Å². The highest BCUT2D eigenvalue weighted by Gasteiger charge is 2.72. The molecule has 0 spiro atoms. The van der Waals surface area contributed by atoms with Crippen LogP contribution in [-0.4, -0.2) is 49.3 Å². The fourth-order valence-electron chi connectivity index (χ4n) is 12.9. The number of carbonyl (C=O) groups excluding carboxylic acids is 3. The van der Waals surface area contributed by atoms with Crippen molar-refractivity contribution >= 4 is 17.9 Å². The maximum absolute atomic E-state index is 14.2. The number of esters is 3. The molecule has 5 aliphatic rings. The van der Waals surface area contributed by atoms with Crippen LogP contribution in [0.4, 0.5) is 0 Å². The first kappa shape index (κ1) is 39.5. The zero-order chi connectivity index (χ0) is 37.3. The van der Waals surface area contributed by atoms with Crippen LogP contribution in [0.2, 0.25) is 0 Å². The van der Waals surface area contributed by atoms with E-state index in [0.29, 0.717) is 17.8 Å². The van der Waals surface area contributed by atoms with E-state index < -0.39 is 16.2 Å². The molecular formula is C42H70O8. The first-order chi connectivity index (χ1) is 23.0. The van der Waals surface area contributed by atoms with Gasteiger partial charge in [0.2, 0.25) is 6.79 Å². The van der Waals surface area contributed by atoms with Gasteiger partial charge in [0.1, 0.15) is 0 Å². The lowest BCUT2D eigenvalue weighted by atomic mass is 9.32. The van der Waals surface area contributed by atoms with Crippen molar-refractivity contribution in [1.82, 2.24) is 0 Å². The van der Waals surface area contributed by atoms with Crippen molar-refractivity contribution in [1.29, 1.82) is 0 Å². The molecule has 0 bridgehead atoms. The van der Waals surface area contributed by atoms with Gasteiger partial charge >= 0.3 is 17.9 Å². The van der Waals surface area contributed by atoms with Gasteiger partial charge in [-0.05, 0) is 163 Å². The standard InChI is InChI=1S/C42H70O8/c1-26(23-43)27-15-20-42(35(46)50-25-49-34(45)37(5,6)7)22-21-40(11)28(32(27)42)13-14-30-39(10)18-17-31(47-24-48-33(44)36(2,3)4)38(8,9)29(39)16-19-41(30,40)12/h26-32,43H,13-25H2,1-12H3/t26?,27?,28?,29?,30?,31-,32?,39-,40+,41+,42-/m0/s1. The molecule has 5 rings (SSSR count). The lowest BCUT2D eigenvalue weighted by Gasteiger charge is -2.73. The third kappa shape index (κ3) is 6.26. The topological polar surface area (TPSA) is 108 Å². The SMILES string of the molecule is CC(CO)C1CC[C@]2(C(=O)OCOC(=O)C(C)(C)C)CC[C@]3(C)C(CCC4[C@@]5(C)CC[C@H](OCOC(=O)C(C)(C)C)C(C)(C)C5CC[C@]43C)C12. The van der Waals surface area contributed by atoms with Crippen LogP contribution in [0.15, 0.2) is 0 Å². The Balaban J connectivity index is 1.38. The molecule has 0 aromatic carbocycles. The molecule has 8 nitrogen and oxygen atoms in total. The minimum Gasteiger partial charge on any atom is -0.438 e. The largest absolute Gasteiger partial charge is 0.438 e. The predicted molar refractivity (Wildman–Crippen MR) is 192 cm³/mol. The van der Waals surface area contributed by atoms with Gasteiger partial charge in [0.15, 0.2) is 6.79 Å². The van der Waals surface area contributed by atoms with Crippen LogP contribution >= 0.6 is 0 Å². The predicted octanol–water partition coefficient (Wildman–Crippen LogP) is 8.72. The van der Waals surface area contributed by atoms with Crippen LogP contribution in [0, 0.1) is 73.4 Å². The highest BCUT2D eigenvalue weighted by atomic mass is 16.7. The molecule has 0 heterocycles. The molecular weight excluding hydrogens is 632 g/mol. The average Bonchev–Trinajstić information content (AvgIpc) is 3.42. The van der Waals surface area contributed by atoms with Crippen molar-refractivity contribution in [3.8, 4) is 0 Å². The summed E-state index contributed by atoms with van der Waals surface area (Å²) < 4.78 is 23.2. The molecule has 11 atom stereocenters. The molecule has 0 aromatic heterocycles. The number of rotatable bonds is 8. The Labute approximate surface area is 302 Å². The summed E-state index contributed by atoms with van der Waals surface area (Å²) in [6, 6.07) is 0. The van der Waals surface area contributed by atoms with Crippen molar-refractivity contribution in [3.63, 3.8) is 0 Å². The normalized spacial score (nSPS) is 41.5. The van der Waals surface area contributed by atoms with E-state index in [9.17, 15) is 19.5 Å². The zero-order valence-electron chi connectivity index (χ0n) is 33.5. The second kappa shape index (κ2) is 13.3. The number of fused-ring (bicyclic) bond motifs is 7. The average molecular weight is 703 g/mol. The Morgan fingerprint density at radius 3 is 1.92 bits per heavy atom. The molecule has 6 unspecified atom stereocenters. The Morgan fingerprint density at radius 1 is 0.700 bits per heavy atom. The fraction of sp³-hybridized carbons (Fsp3) is 0.929. The van der Waals surface area contributed by atoms with Gasteiger partial charge in [-0.15, -0.1) is 0 Å². The minimum atomic E-state index is -0.666. The van der Waals surface area contributed by atoms with E-state index >= 15 is 0 Å². The van der Waals surface area contributed by atoms with E-state index in [-0.39, 0.29) is 83.6 Å². The Bertz CT molecular complexity index is 1290. The molecule has 286 valence electrons. The second-order valence-corrected chi connectivity index (χ2v) is 20.8. The molecule has 0 aliphatic heterocycles.